The van der Waals surface area contributed by atoms with Crippen LogP contribution < -0.4 is 5.56 Å². The van der Waals surface area contributed by atoms with Crippen LogP contribution in [0.5, 0.6) is 0 Å². The fourth-order valence-electron chi connectivity index (χ4n) is 3.79. The first-order valence-electron chi connectivity index (χ1n) is 11.3. The molecule has 0 bridgehead atoms. The smallest absolute Gasteiger partial charge is 0.255 e. The van der Waals surface area contributed by atoms with Gasteiger partial charge in [-0.1, -0.05) is 58.7 Å². The molecule has 190 valence electrons. The number of benzene rings is 3. The lowest BCUT2D eigenvalue weighted by atomic mass is 10.0. The number of pyridine rings is 1. The Labute approximate surface area is 223 Å². The first kappa shape index (κ1) is 26.5. The summed E-state index contributed by atoms with van der Waals surface area (Å²) in [5.41, 5.74) is 2.00. The summed E-state index contributed by atoms with van der Waals surface area (Å²) in [6.07, 6.45) is 1.45. The number of oxime groups is 1. The van der Waals surface area contributed by atoms with Crippen molar-refractivity contribution in [2.75, 3.05) is 14.1 Å². The Morgan fingerprint density at radius 2 is 1.65 bits per heavy atom. The number of hydrogen-bond donors (Lipinski definition) is 0. The first-order valence-corrected chi connectivity index (χ1v) is 12.0. The van der Waals surface area contributed by atoms with E-state index < -0.39 is 17.2 Å². The summed E-state index contributed by atoms with van der Waals surface area (Å²) >= 11 is 13.1. The van der Waals surface area contributed by atoms with Gasteiger partial charge >= 0.3 is 0 Å². The van der Waals surface area contributed by atoms with Crippen molar-refractivity contribution in [3.8, 4) is 5.69 Å². The standard InChI is InChI=1S/C28H23Cl2F2N3O2/c1-34(2)15-19-12-23(29)28(24(30)13-19)35-16-20(8-11-26(35)36)27(22-10-9-21(31)14-25(22)32)33-37-17-18-6-4-3-5-7-18/h3-14,16H,15,17H2,1-2H3. The van der Waals surface area contributed by atoms with Gasteiger partial charge in [-0.3, -0.25) is 9.36 Å². The highest BCUT2D eigenvalue weighted by molar-refractivity contribution is 6.37. The molecule has 0 radical (unpaired) electrons. The molecule has 4 aromatic rings. The number of aromatic nitrogens is 1. The zero-order valence-electron chi connectivity index (χ0n) is 20.1. The van der Waals surface area contributed by atoms with E-state index in [9.17, 15) is 13.6 Å². The summed E-state index contributed by atoms with van der Waals surface area (Å²) in [5, 5.41) is 4.72. The Morgan fingerprint density at radius 1 is 0.946 bits per heavy atom. The average Bonchev–Trinajstić information content (AvgIpc) is 2.83. The third kappa shape index (κ3) is 6.43. The van der Waals surface area contributed by atoms with Gasteiger partial charge in [0, 0.05) is 36.0 Å². The van der Waals surface area contributed by atoms with Gasteiger partial charge in [0.05, 0.1) is 15.7 Å². The molecule has 0 saturated carbocycles. The van der Waals surface area contributed by atoms with Crippen molar-refractivity contribution in [3.05, 3.63) is 133 Å². The first-order chi connectivity index (χ1) is 17.7. The summed E-state index contributed by atoms with van der Waals surface area (Å²) in [4.78, 5) is 20.3. The topological polar surface area (TPSA) is 46.8 Å². The molecule has 0 unspecified atom stereocenters. The molecule has 3 aromatic carbocycles. The van der Waals surface area contributed by atoms with Crippen LogP contribution in [0.4, 0.5) is 8.78 Å². The third-order valence-electron chi connectivity index (χ3n) is 5.42. The monoisotopic (exact) mass is 541 g/mol. The lowest BCUT2D eigenvalue weighted by Crippen LogP contribution is -2.20. The van der Waals surface area contributed by atoms with Gasteiger partial charge in [-0.15, -0.1) is 0 Å². The van der Waals surface area contributed by atoms with Gasteiger partial charge in [-0.25, -0.2) is 8.78 Å². The molecule has 0 saturated heterocycles. The summed E-state index contributed by atoms with van der Waals surface area (Å²) in [6, 6.07) is 18.7. The molecular weight excluding hydrogens is 519 g/mol. The number of hydrogen-bond acceptors (Lipinski definition) is 4. The Hall–Kier alpha value is -3.52. The molecule has 0 spiro atoms. The highest BCUT2D eigenvalue weighted by atomic mass is 35.5. The summed E-state index contributed by atoms with van der Waals surface area (Å²) < 4.78 is 29.7. The maximum absolute atomic E-state index is 14.8. The lowest BCUT2D eigenvalue weighted by Gasteiger charge is -2.16. The van der Waals surface area contributed by atoms with Crippen molar-refractivity contribution >= 4 is 28.9 Å². The van der Waals surface area contributed by atoms with Crippen molar-refractivity contribution in [2.24, 2.45) is 5.16 Å². The van der Waals surface area contributed by atoms with E-state index in [1.807, 2.05) is 49.3 Å². The fourth-order valence-corrected chi connectivity index (χ4v) is 4.51. The molecule has 0 amide bonds. The van der Waals surface area contributed by atoms with Crippen LogP contribution in [0, 0.1) is 11.6 Å². The van der Waals surface area contributed by atoms with Crippen LogP contribution in [0.15, 0.2) is 88.9 Å². The van der Waals surface area contributed by atoms with Gasteiger partial charge in [0.15, 0.2) is 0 Å². The summed E-state index contributed by atoms with van der Waals surface area (Å²) in [6.45, 7) is 0.728. The van der Waals surface area contributed by atoms with Crippen LogP contribution in [0.1, 0.15) is 22.3 Å². The van der Waals surface area contributed by atoms with Crippen molar-refractivity contribution < 1.29 is 13.6 Å². The van der Waals surface area contributed by atoms with E-state index in [0.717, 1.165) is 23.3 Å². The predicted octanol–water partition coefficient (Wildman–Crippen LogP) is 6.45. The highest BCUT2D eigenvalue weighted by Crippen LogP contribution is 2.30. The molecule has 4 rings (SSSR count). The second-order valence-electron chi connectivity index (χ2n) is 8.59. The zero-order valence-corrected chi connectivity index (χ0v) is 21.6. The second-order valence-corrected chi connectivity index (χ2v) is 9.41. The SMILES string of the molecule is CN(C)Cc1cc(Cl)c(-n2cc(C(=NOCc3ccccc3)c3ccc(F)cc3F)ccc2=O)c(Cl)c1. The van der Waals surface area contributed by atoms with Crippen LogP contribution in [-0.4, -0.2) is 29.3 Å². The molecule has 0 aliphatic heterocycles. The van der Waals surface area contributed by atoms with Crippen LogP contribution >= 0.6 is 23.2 Å². The molecule has 0 fully saturated rings. The molecule has 0 atom stereocenters. The molecular formula is C28H23Cl2F2N3O2. The minimum absolute atomic E-state index is 0.00168. The minimum Gasteiger partial charge on any atom is -0.390 e. The van der Waals surface area contributed by atoms with Gasteiger partial charge in [-0.2, -0.15) is 0 Å². The molecule has 0 aliphatic rings. The Kier molecular flexibility index (Phi) is 8.38. The number of nitrogens with zero attached hydrogens (tertiary/aromatic N) is 3. The summed E-state index contributed by atoms with van der Waals surface area (Å²) in [7, 11) is 3.83. The van der Waals surface area contributed by atoms with E-state index in [-0.39, 0.29) is 33.6 Å². The Morgan fingerprint density at radius 3 is 2.30 bits per heavy atom. The van der Waals surface area contributed by atoms with E-state index in [1.165, 1.54) is 29.0 Å². The van der Waals surface area contributed by atoms with Crippen molar-refractivity contribution in [2.45, 2.75) is 13.2 Å². The molecule has 5 nitrogen and oxygen atoms in total. The molecule has 1 aromatic heterocycles. The third-order valence-corrected chi connectivity index (χ3v) is 5.99. The van der Waals surface area contributed by atoms with Crippen molar-refractivity contribution in [3.63, 3.8) is 0 Å². The average molecular weight is 542 g/mol. The fraction of sp³-hybridized carbons (Fsp3) is 0.143. The van der Waals surface area contributed by atoms with Crippen molar-refractivity contribution in [1.82, 2.24) is 9.47 Å². The Bertz CT molecular complexity index is 1480. The van der Waals surface area contributed by atoms with E-state index >= 15 is 0 Å². The molecule has 37 heavy (non-hydrogen) atoms. The van der Waals surface area contributed by atoms with Crippen LogP contribution in [0.25, 0.3) is 5.69 Å². The highest BCUT2D eigenvalue weighted by Gasteiger charge is 2.18. The molecule has 9 heteroatoms. The van der Waals surface area contributed by atoms with Gasteiger partial charge in [-0.05, 0) is 55.6 Å². The largest absolute Gasteiger partial charge is 0.390 e. The van der Waals surface area contributed by atoms with Crippen LogP contribution in [0.3, 0.4) is 0 Å². The van der Waals surface area contributed by atoms with Gasteiger partial charge < -0.3 is 9.74 Å². The molecule has 0 N–H and O–H groups in total. The van der Waals surface area contributed by atoms with E-state index in [4.69, 9.17) is 28.0 Å². The maximum atomic E-state index is 14.8. The van der Waals surface area contributed by atoms with Crippen LogP contribution in [0.2, 0.25) is 10.0 Å². The van der Waals surface area contributed by atoms with Gasteiger partial charge in [0.1, 0.15) is 24.0 Å². The minimum atomic E-state index is -0.830. The molecule has 0 aliphatic carbocycles. The van der Waals surface area contributed by atoms with E-state index in [0.29, 0.717) is 12.1 Å². The van der Waals surface area contributed by atoms with Gasteiger partial charge in [0.2, 0.25) is 0 Å². The van der Waals surface area contributed by atoms with Gasteiger partial charge in [0.25, 0.3) is 5.56 Å². The lowest BCUT2D eigenvalue weighted by molar-refractivity contribution is 0.131. The quantitative estimate of drug-likeness (QED) is 0.190. The van der Waals surface area contributed by atoms with E-state index in [2.05, 4.69) is 5.16 Å². The second kappa shape index (κ2) is 11.7. The Balaban J connectivity index is 1.80. The van der Waals surface area contributed by atoms with E-state index in [1.54, 1.807) is 12.1 Å². The predicted molar refractivity (Wildman–Crippen MR) is 143 cm³/mol. The normalized spacial score (nSPS) is 11.7. The van der Waals surface area contributed by atoms with Crippen LogP contribution in [-0.2, 0) is 18.0 Å². The molecule has 1 heterocycles. The number of halogens is 4. The number of rotatable bonds is 8. The van der Waals surface area contributed by atoms with Crippen molar-refractivity contribution in [1.29, 1.82) is 0 Å². The zero-order chi connectivity index (χ0) is 26.5. The summed E-state index contributed by atoms with van der Waals surface area (Å²) in [5.74, 6) is -1.56. The maximum Gasteiger partial charge on any atom is 0.255 e.